The Morgan fingerprint density at radius 1 is 1.00 bits per heavy atom. The van der Waals surface area contributed by atoms with E-state index < -0.39 is 0 Å². The third kappa shape index (κ3) is 1.72. The Hall–Kier alpha value is -1.29. The van der Waals surface area contributed by atoms with E-state index in [9.17, 15) is 0 Å². The highest BCUT2D eigenvalue weighted by molar-refractivity contribution is 7.14. The largest absolute Gasteiger partial charge is 0.241 e. The lowest BCUT2D eigenvalue weighted by Gasteiger charge is -1.93. The first kappa shape index (κ1) is 8.31. The van der Waals surface area contributed by atoms with E-state index in [-0.39, 0.29) is 0 Å². The molecule has 0 unspecified atom stereocenters. The van der Waals surface area contributed by atoms with Gasteiger partial charge in [-0.2, -0.15) is 0 Å². The first-order valence-electron chi connectivity index (χ1n) is 3.97. The monoisotopic (exact) mass is 191 g/mol. The van der Waals surface area contributed by atoms with Crippen molar-refractivity contribution in [1.29, 1.82) is 0 Å². The van der Waals surface area contributed by atoms with Gasteiger partial charge in [-0.3, -0.25) is 0 Å². The zero-order valence-corrected chi connectivity index (χ0v) is 8.30. The van der Waals surface area contributed by atoms with E-state index in [1.54, 1.807) is 23.7 Å². The third-order valence-corrected chi connectivity index (χ3v) is 2.50. The molecular weight excluding hydrogens is 182 g/mol. The van der Waals surface area contributed by atoms with Gasteiger partial charge in [0.1, 0.15) is 0 Å². The molecule has 0 saturated carbocycles. The van der Waals surface area contributed by atoms with Gasteiger partial charge in [0.05, 0.1) is 0 Å². The maximum absolute atomic E-state index is 4.21. The van der Waals surface area contributed by atoms with Gasteiger partial charge in [0.15, 0.2) is 10.8 Å². The molecule has 0 spiro atoms. The summed E-state index contributed by atoms with van der Waals surface area (Å²) >= 11 is 1.61. The van der Waals surface area contributed by atoms with Gasteiger partial charge in [0.25, 0.3) is 0 Å². The number of aromatic nitrogens is 3. The molecule has 3 nitrogen and oxygen atoms in total. The highest BCUT2D eigenvalue weighted by Gasteiger charge is 2.03. The van der Waals surface area contributed by atoms with Crippen molar-refractivity contribution in [3.05, 3.63) is 29.0 Å². The van der Waals surface area contributed by atoms with Gasteiger partial charge in [-0.15, -0.1) is 11.3 Å². The van der Waals surface area contributed by atoms with Crippen LogP contribution in [0.2, 0.25) is 0 Å². The Balaban J connectivity index is 2.41. The summed E-state index contributed by atoms with van der Waals surface area (Å²) in [7, 11) is 0. The molecule has 0 aromatic carbocycles. The third-order valence-electron chi connectivity index (χ3n) is 1.59. The first-order chi connectivity index (χ1) is 6.25. The Kier molecular flexibility index (Phi) is 2.06. The molecule has 0 atom stereocenters. The normalized spacial score (nSPS) is 10.3. The minimum atomic E-state index is 0.712. The number of aryl methyl sites for hydroxylation is 2. The molecular formula is C9H9N3S. The van der Waals surface area contributed by atoms with Crippen LogP contribution < -0.4 is 0 Å². The van der Waals surface area contributed by atoms with Crippen molar-refractivity contribution in [3.8, 4) is 10.8 Å². The van der Waals surface area contributed by atoms with E-state index in [1.165, 1.54) is 4.88 Å². The van der Waals surface area contributed by atoms with Crippen molar-refractivity contribution in [3.63, 3.8) is 0 Å². The smallest absolute Gasteiger partial charge is 0.188 e. The molecule has 2 aromatic heterocycles. The molecule has 0 aliphatic carbocycles. The summed E-state index contributed by atoms with van der Waals surface area (Å²) in [5.41, 5.74) is 1.07. The molecule has 2 heterocycles. The average Bonchev–Trinajstić information content (AvgIpc) is 2.53. The van der Waals surface area contributed by atoms with Crippen LogP contribution in [0.4, 0.5) is 0 Å². The van der Waals surface area contributed by atoms with E-state index in [0.717, 1.165) is 10.6 Å². The number of thiazole rings is 1. The summed E-state index contributed by atoms with van der Waals surface area (Å²) in [6.45, 7) is 3.99. The first-order valence-corrected chi connectivity index (χ1v) is 4.79. The number of hydrogen-bond acceptors (Lipinski definition) is 4. The lowest BCUT2D eigenvalue weighted by Crippen LogP contribution is -1.87. The standard InChI is InChI=1S/C9H9N3S/c1-6-3-10-8(11-4-6)9-12-5-7(2)13-9/h3-5H,1-2H3. The fraction of sp³-hybridized carbons (Fsp3) is 0.222. The van der Waals surface area contributed by atoms with Gasteiger partial charge < -0.3 is 0 Å². The molecule has 0 aliphatic heterocycles. The van der Waals surface area contributed by atoms with Crippen molar-refractivity contribution >= 4 is 11.3 Å². The van der Waals surface area contributed by atoms with E-state index in [4.69, 9.17) is 0 Å². The van der Waals surface area contributed by atoms with Crippen molar-refractivity contribution in [2.45, 2.75) is 13.8 Å². The fourth-order valence-electron chi connectivity index (χ4n) is 0.961. The van der Waals surface area contributed by atoms with Crippen LogP contribution in [0.1, 0.15) is 10.4 Å². The molecule has 66 valence electrons. The second kappa shape index (κ2) is 3.22. The lowest BCUT2D eigenvalue weighted by atomic mass is 10.4. The van der Waals surface area contributed by atoms with Crippen LogP contribution >= 0.6 is 11.3 Å². The summed E-state index contributed by atoms with van der Waals surface area (Å²) in [5, 5.41) is 0.887. The van der Waals surface area contributed by atoms with Crippen molar-refractivity contribution in [1.82, 2.24) is 15.0 Å². The SMILES string of the molecule is Cc1cnc(-c2ncc(C)s2)nc1. The summed E-state index contributed by atoms with van der Waals surface area (Å²) in [5.74, 6) is 0.712. The Morgan fingerprint density at radius 2 is 1.69 bits per heavy atom. The van der Waals surface area contributed by atoms with Gasteiger partial charge >= 0.3 is 0 Å². The topological polar surface area (TPSA) is 38.7 Å². The molecule has 0 aliphatic rings. The summed E-state index contributed by atoms with van der Waals surface area (Å²) in [6.07, 6.45) is 5.45. The molecule has 0 fully saturated rings. The molecule has 4 heteroatoms. The van der Waals surface area contributed by atoms with Crippen LogP contribution in [0.5, 0.6) is 0 Å². The van der Waals surface area contributed by atoms with E-state index in [2.05, 4.69) is 15.0 Å². The van der Waals surface area contributed by atoms with Crippen LogP contribution in [0.3, 0.4) is 0 Å². The zero-order chi connectivity index (χ0) is 9.26. The molecule has 0 amide bonds. The molecule has 0 N–H and O–H groups in total. The van der Waals surface area contributed by atoms with Crippen molar-refractivity contribution in [2.24, 2.45) is 0 Å². The van der Waals surface area contributed by atoms with Gasteiger partial charge in [-0.05, 0) is 19.4 Å². The Morgan fingerprint density at radius 3 is 2.23 bits per heavy atom. The van der Waals surface area contributed by atoms with Crippen LogP contribution in [0.15, 0.2) is 18.6 Å². The zero-order valence-electron chi connectivity index (χ0n) is 7.48. The van der Waals surface area contributed by atoms with E-state index in [0.29, 0.717) is 5.82 Å². The molecule has 2 rings (SSSR count). The highest BCUT2D eigenvalue weighted by Crippen LogP contribution is 2.20. The van der Waals surface area contributed by atoms with Crippen LogP contribution in [-0.4, -0.2) is 15.0 Å². The van der Waals surface area contributed by atoms with Gasteiger partial charge in [-0.1, -0.05) is 0 Å². The molecule has 0 bridgehead atoms. The van der Waals surface area contributed by atoms with Crippen LogP contribution in [0, 0.1) is 13.8 Å². The quantitative estimate of drug-likeness (QED) is 0.693. The summed E-state index contributed by atoms with van der Waals surface area (Å²) in [4.78, 5) is 13.8. The van der Waals surface area contributed by atoms with E-state index >= 15 is 0 Å². The predicted molar refractivity (Wildman–Crippen MR) is 52.6 cm³/mol. The number of hydrogen-bond donors (Lipinski definition) is 0. The molecule has 2 aromatic rings. The summed E-state index contributed by atoms with van der Waals surface area (Å²) in [6, 6.07) is 0. The fourth-order valence-corrected chi connectivity index (χ4v) is 1.67. The molecule has 0 saturated heterocycles. The minimum Gasteiger partial charge on any atom is -0.241 e. The maximum Gasteiger partial charge on any atom is 0.188 e. The Labute approximate surface area is 80.5 Å². The number of rotatable bonds is 1. The van der Waals surface area contributed by atoms with Gasteiger partial charge in [0.2, 0.25) is 0 Å². The number of nitrogens with zero attached hydrogens (tertiary/aromatic N) is 3. The van der Waals surface area contributed by atoms with Crippen molar-refractivity contribution < 1.29 is 0 Å². The van der Waals surface area contributed by atoms with Crippen LogP contribution in [-0.2, 0) is 0 Å². The van der Waals surface area contributed by atoms with Gasteiger partial charge in [-0.25, -0.2) is 15.0 Å². The highest BCUT2D eigenvalue weighted by atomic mass is 32.1. The second-order valence-electron chi connectivity index (χ2n) is 2.86. The molecule has 13 heavy (non-hydrogen) atoms. The maximum atomic E-state index is 4.21. The second-order valence-corrected chi connectivity index (χ2v) is 4.09. The summed E-state index contributed by atoms with van der Waals surface area (Å²) < 4.78 is 0. The van der Waals surface area contributed by atoms with Gasteiger partial charge in [0, 0.05) is 23.5 Å². The average molecular weight is 191 g/mol. The minimum absolute atomic E-state index is 0.712. The van der Waals surface area contributed by atoms with E-state index in [1.807, 2.05) is 20.0 Å². The predicted octanol–water partition coefficient (Wildman–Crippen LogP) is 2.22. The lowest BCUT2D eigenvalue weighted by molar-refractivity contribution is 1.13. The van der Waals surface area contributed by atoms with Crippen molar-refractivity contribution in [2.75, 3.05) is 0 Å². The van der Waals surface area contributed by atoms with Crippen LogP contribution in [0.25, 0.3) is 10.8 Å². The molecule has 0 radical (unpaired) electrons. The Bertz CT molecular complexity index is 405.